The van der Waals surface area contributed by atoms with Crippen LogP contribution in [0.1, 0.15) is 12.0 Å². The topological polar surface area (TPSA) is 93.0 Å². The molecular formula is C20H25N3O5S. The number of sulfonamides is 1. The van der Waals surface area contributed by atoms with Crippen LogP contribution in [0.25, 0.3) is 0 Å². The highest BCUT2D eigenvalue weighted by atomic mass is 32.2. The molecule has 0 saturated carbocycles. The molecule has 0 aromatic heterocycles. The van der Waals surface area contributed by atoms with Gasteiger partial charge in [0.2, 0.25) is 10.0 Å². The van der Waals surface area contributed by atoms with Gasteiger partial charge in [0, 0.05) is 44.9 Å². The van der Waals surface area contributed by atoms with Crippen molar-refractivity contribution in [2.75, 3.05) is 39.3 Å². The van der Waals surface area contributed by atoms with Gasteiger partial charge in [0.05, 0.1) is 16.4 Å². The second-order valence-electron chi connectivity index (χ2n) is 7.02. The summed E-state index contributed by atoms with van der Waals surface area (Å²) in [6.07, 6.45) is 0.853. The smallest absolute Gasteiger partial charge is 0.270 e. The molecule has 1 heterocycles. The van der Waals surface area contributed by atoms with Crippen molar-refractivity contribution in [2.24, 2.45) is 0 Å². The van der Waals surface area contributed by atoms with Gasteiger partial charge in [0.1, 0.15) is 5.75 Å². The molecule has 0 amide bonds. The third-order valence-corrected chi connectivity index (χ3v) is 6.77. The molecule has 0 N–H and O–H groups in total. The molecule has 1 saturated heterocycles. The molecule has 1 aliphatic heterocycles. The number of hydrogen-bond acceptors (Lipinski definition) is 6. The maximum absolute atomic E-state index is 12.8. The van der Waals surface area contributed by atoms with E-state index in [1.807, 2.05) is 31.2 Å². The summed E-state index contributed by atoms with van der Waals surface area (Å²) in [5, 5.41) is 10.9. The van der Waals surface area contributed by atoms with Gasteiger partial charge in [-0.15, -0.1) is 0 Å². The van der Waals surface area contributed by atoms with Gasteiger partial charge in [-0.1, -0.05) is 18.2 Å². The minimum absolute atomic E-state index is 0.0355. The predicted molar refractivity (Wildman–Crippen MR) is 110 cm³/mol. The number of hydrogen-bond donors (Lipinski definition) is 0. The number of ether oxygens (including phenoxy) is 1. The third kappa shape index (κ3) is 5.53. The lowest BCUT2D eigenvalue weighted by atomic mass is 10.2. The fraction of sp³-hybridized carbons (Fsp3) is 0.400. The van der Waals surface area contributed by atoms with E-state index in [1.165, 1.54) is 22.5 Å². The van der Waals surface area contributed by atoms with Crippen molar-refractivity contribution in [1.29, 1.82) is 0 Å². The monoisotopic (exact) mass is 419 g/mol. The number of nitro groups is 1. The van der Waals surface area contributed by atoms with E-state index in [4.69, 9.17) is 4.74 Å². The molecule has 156 valence electrons. The van der Waals surface area contributed by atoms with Crippen LogP contribution in [0.15, 0.2) is 53.4 Å². The average Bonchev–Trinajstić information content (AvgIpc) is 2.72. The van der Waals surface area contributed by atoms with Crippen molar-refractivity contribution in [1.82, 2.24) is 9.21 Å². The maximum Gasteiger partial charge on any atom is 0.270 e. The quantitative estimate of drug-likeness (QED) is 0.371. The van der Waals surface area contributed by atoms with Crippen molar-refractivity contribution in [3.05, 3.63) is 64.2 Å². The molecule has 0 bridgehead atoms. The second-order valence-corrected chi connectivity index (χ2v) is 8.96. The Morgan fingerprint density at radius 1 is 1.07 bits per heavy atom. The van der Waals surface area contributed by atoms with Gasteiger partial charge in [-0.25, -0.2) is 8.42 Å². The fourth-order valence-electron chi connectivity index (χ4n) is 3.28. The van der Waals surface area contributed by atoms with E-state index in [-0.39, 0.29) is 10.6 Å². The number of benzene rings is 2. The van der Waals surface area contributed by atoms with Gasteiger partial charge in [-0.3, -0.25) is 10.1 Å². The molecule has 9 heteroatoms. The van der Waals surface area contributed by atoms with Crippen LogP contribution in [-0.2, 0) is 10.0 Å². The van der Waals surface area contributed by atoms with Gasteiger partial charge in [-0.2, -0.15) is 4.31 Å². The van der Waals surface area contributed by atoms with Crippen LogP contribution in [0.3, 0.4) is 0 Å². The zero-order chi connectivity index (χ0) is 20.9. The number of nitrogens with zero attached hydrogens (tertiary/aromatic N) is 3. The zero-order valence-electron chi connectivity index (χ0n) is 16.4. The lowest BCUT2D eigenvalue weighted by Crippen LogP contribution is -2.48. The zero-order valence-corrected chi connectivity index (χ0v) is 17.2. The molecule has 0 atom stereocenters. The number of aryl methyl sites for hydroxylation is 1. The van der Waals surface area contributed by atoms with Crippen molar-refractivity contribution in [3.63, 3.8) is 0 Å². The molecule has 1 fully saturated rings. The Hall–Kier alpha value is -2.49. The second kappa shape index (κ2) is 9.34. The lowest BCUT2D eigenvalue weighted by molar-refractivity contribution is -0.385. The van der Waals surface area contributed by atoms with Gasteiger partial charge in [-0.05, 0) is 37.1 Å². The van der Waals surface area contributed by atoms with Crippen LogP contribution in [0.4, 0.5) is 5.69 Å². The summed E-state index contributed by atoms with van der Waals surface area (Å²) >= 11 is 0. The lowest BCUT2D eigenvalue weighted by Gasteiger charge is -2.33. The number of piperazine rings is 1. The Bertz CT molecular complexity index is 956. The Balaban J connectivity index is 1.47. The highest BCUT2D eigenvalue weighted by molar-refractivity contribution is 7.89. The summed E-state index contributed by atoms with van der Waals surface area (Å²) < 4.78 is 32.7. The first-order valence-electron chi connectivity index (χ1n) is 9.53. The predicted octanol–water partition coefficient (Wildman–Crippen LogP) is 2.68. The minimum Gasteiger partial charge on any atom is -0.494 e. The summed E-state index contributed by atoms with van der Waals surface area (Å²) in [6.45, 7) is 5.44. The Morgan fingerprint density at radius 3 is 2.48 bits per heavy atom. The SMILES string of the molecule is Cc1cccc(OCCCN2CCN(S(=O)(=O)c3cccc([N+](=O)[O-])c3)CC2)c1. The number of non-ortho nitro benzene ring substituents is 1. The van der Waals surface area contributed by atoms with E-state index in [0.717, 1.165) is 30.3 Å². The van der Waals surface area contributed by atoms with Gasteiger partial charge in [0.25, 0.3) is 5.69 Å². The van der Waals surface area contributed by atoms with Crippen LogP contribution in [0.2, 0.25) is 0 Å². The van der Waals surface area contributed by atoms with Crippen LogP contribution < -0.4 is 4.74 Å². The minimum atomic E-state index is -3.73. The average molecular weight is 420 g/mol. The van der Waals surface area contributed by atoms with Crippen LogP contribution in [-0.4, -0.2) is 61.9 Å². The molecule has 1 aliphatic rings. The number of nitro benzene ring substituents is 1. The number of rotatable bonds is 8. The third-order valence-electron chi connectivity index (χ3n) is 4.87. The van der Waals surface area contributed by atoms with E-state index in [1.54, 1.807) is 0 Å². The van der Waals surface area contributed by atoms with Gasteiger partial charge in [0.15, 0.2) is 0 Å². The highest BCUT2D eigenvalue weighted by Gasteiger charge is 2.29. The summed E-state index contributed by atoms with van der Waals surface area (Å²) in [5.74, 6) is 0.859. The molecule has 2 aromatic rings. The van der Waals surface area contributed by atoms with Crippen LogP contribution in [0.5, 0.6) is 5.75 Å². The first-order chi connectivity index (χ1) is 13.9. The summed E-state index contributed by atoms with van der Waals surface area (Å²) in [7, 11) is -3.73. The van der Waals surface area contributed by atoms with E-state index in [0.29, 0.717) is 32.8 Å². The molecule has 0 unspecified atom stereocenters. The first-order valence-corrected chi connectivity index (χ1v) is 11.0. The molecule has 2 aromatic carbocycles. The Morgan fingerprint density at radius 2 is 1.79 bits per heavy atom. The van der Waals surface area contributed by atoms with Crippen molar-refractivity contribution in [3.8, 4) is 5.75 Å². The highest BCUT2D eigenvalue weighted by Crippen LogP contribution is 2.22. The summed E-state index contributed by atoms with van der Waals surface area (Å²) in [6, 6.07) is 13.1. The van der Waals surface area contributed by atoms with Crippen LogP contribution >= 0.6 is 0 Å². The van der Waals surface area contributed by atoms with E-state index < -0.39 is 14.9 Å². The Kier molecular flexibility index (Phi) is 6.83. The Labute approximate surface area is 170 Å². The molecule has 3 rings (SSSR count). The molecule has 29 heavy (non-hydrogen) atoms. The molecule has 8 nitrogen and oxygen atoms in total. The molecule has 0 radical (unpaired) electrons. The largest absolute Gasteiger partial charge is 0.494 e. The normalized spacial score (nSPS) is 15.9. The molecule has 0 aliphatic carbocycles. The summed E-state index contributed by atoms with van der Waals surface area (Å²) in [4.78, 5) is 12.5. The molecule has 0 spiro atoms. The summed E-state index contributed by atoms with van der Waals surface area (Å²) in [5.41, 5.74) is 0.932. The van der Waals surface area contributed by atoms with Crippen LogP contribution in [0, 0.1) is 17.0 Å². The van der Waals surface area contributed by atoms with E-state index in [2.05, 4.69) is 4.90 Å². The first kappa shape index (κ1) is 21.2. The van der Waals surface area contributed by atoms with Gasteiger partial charge >= 0.3 is 0 Å². The van der Waals surface area contributed by atoms with Crippen molar-refractivity contribution in [2.45, 2.75) is 18.2 Å². The van der Waals surface area contributed by atoms with E-state index in [9.17, 15) is 18.5 Å². The molecular weight excluding hydrogens is 394 g/mol. The van der Waals surface area contributed by atoms with E-state index >= 15 is 0 Å². The van der Waals surface area contributed by atoms with Gasteiger partial charge < -0.3 is 9.64 Å². The maximum atomic E-state index is 12.8. The van der Waals surface area contributed by atoms with Crippen molar-refractivity contribution < 1.29 is 18.1 Å². The standard InChI is InChI=1S/C20H25N3O5S/c1-17-5-2-7-19(15-17)28-14-4-9-21-10-12-22(13-11-21)29(26,27)20-8-3-6-18(16-20)23(24)25/h2-3,5-8,15-16H,4,9-14H2,1H3. The fourth-order valence-corrected chi connectivity index (χ4v) is 4.75. The van der Waals surface area contributed by atoms with Crippen molar-refractivity contribution >= 4 is 15.7 Å².